The van der Waals surface area contributed by atoms with Gasteiger partial charge in [-0.15, -0.1) is 0 Å². The molecule has 0 radical (unpaired) electrons. The van der Waals surface area contributed by atoms with Gasteiger partial charge in [0, 0.05) is 11.9 Å². The first-order valence-corrected chi connectivity index (χ1v) is 9.01. The molecule has 0 aliphatic carbocycles. The van der Waals surface area contributed by atoms with Crippen LogP contribution in [0, 0.1) is 0 Å². The van der Waals surface area contributed by atoms with Crippen LogP contribution in [0.5, 0.6) is 11.6 Å². The minimum absolute atomic E-state index is 0.204. The van der Waals surface area contributed by atoms with E-state index in [4.69, 9.17) is 39.5 Å². The summed E-state index contributed by atoms with van der Waals surface area (Å²) < 4.78 is 5.56. The van der Waals surface area contributed by atoms with Crippen molar-refractivity contribution >= 4 is 52.4 Å². The van der Waals surface area contributed by atoms with Crippen molar-refractivity contribution in [3.05, 3.63) is 81.4 Å². The number of urea groups is 1. The molecule has 0 aliphatic rings. The first-order chi connectivity index (χ1) is 13.4. The number of amides is 3. The third-order valence-electron chi connectivity index (χ3n) is 3.45. The standard InChI is InChI=1S/C19H12Cl3N3O3/c20-11-9-16(22)18(23-10-11)28-13-7-5-12(6-8-13)24-19(27)25-17(26)14-3-1-2-4-15(14)21/h1-10H,(H2,24,25,26,27). The molecule has 3 amide bonds. The fraction of sp³-hybridized carbons (Fsp3) is 0. The number of aromatic nitrogens is 1. The average molecular weight is 437 g/mol. The molecular weight excluding hydrogens is 425 g/mol. The molecule has 0 spiro atoms. The van der Waals surface area contributed by atoms with Crippen LogP contribution in [0.4, 0.5) is 10.5 Å². The second-order valence-electron chi connectivity index (χ2n) is 5.46. The summed E-state index contributed by atoms with van der Waals surface area (Å²) in [4.78, 5) is 28.1. The highest BCUT2D eigenvalue weighted by Crippen LogP contribution is 2.29. The van der Waals surface area contributed by atoms with E-state index in [0.29, 0.717) is 16.5 Å². The molecule has 0 saturated carbocycles. The molecule has 9 heteroatoms. The molecule has 28 heavy (non-hydrogen) atoms. The highest BCUT2D eigenvalue weighted by molar-refractivity contribution is 6.35. The number of imide groups is 1. The Hall–Kier alpha value is -2.80. The highest BCUT2D eigenvalue weighted by Gasteiger charge is 2.13. The third-order valence-corrected chi connectivity index (χ3v) is 4.25. The zero-order chi connectivity index (χ0) is 20.1. The maximum atomic E-state index is 12.1. The fourth-order valence-electron chi connectivity index (χ4n) is 2.17. The number of rotatable bonds is 4. The molecule has 0 atom stereocenters. The highest BCUT2D eigenvalue weighted by atomic mass is 35.5. The van der Waals surface area contributed by atoms with Crippen LogP contribution in [-0.2, 0) is 0 Å². The number of carbonyl (C=O) groups is 2. The molecule has 0 unspecified atom stereocenters. The summed E-state index contributed by atoms with van der Waals surface area (Å²) in [6.45, 7) is 0. The molecule has 2 aromatic carbocycles. The van der Waals surface area contributed by atoms with Gasteiger partial charge < -0.3 is 10.1 Å². The van der Waals surface area contributed by atoms with Gasteiger partial charge in [0.1, 0.15) is 10.8 Å². The van der Waals surface area contributed by atoms with E-state index < -0.39 is 11.9 Å². The summed E-state index contributed by atoms with van der Waals surface area (Å²) >= 11 is 17.7. The maximum absolute atomic E-state index is 12.1. The monoisotopic (exact) mass is 435 g/mol. The fourth-order valence-corrected chi connectivity index (χ4v) is 2.81. The molecule has 3 rings (SSSR count). The summed E-state index contributed by atoms with van der Waals surface area (Å²) in [6.07, 6.45) is 1.42. The largest absolute Gasteiger partial charge is 0.438 e. The van der Waals surface area contributed by atoms with Gasteiger partial charge in [-0.05, 0) is 42.5 Å². The van der Waals surface area contributed by atoms with Crippen LogP contribution in [0.15, 0.2) is 60.8 Å². The molecule has 6 nitrogen and oxygen atoms in total. The Morgan fingerprint density at radius 3 is 2.32 bits per heavy atom. The van der Waals surface area contributed by atoms with Gasteiger partial charge in [0.2, 0.25) is 5.88 Å². The van der Waals surface area contributed by atoms with E-state index in [2.05, 4.69) is 15.6 Å². The quantitative estimate of drug-likeness (QED) is 0.542. The second kappa shape index (κ2) is 8.93. The van der Waals surface area contributed by atoms with E-state index in [1.54, 1.807) is 42.5 Å². The lowest BCUT2D eigenvalue weighted by Crippen LogP contribution is -2.34. The van der Waals surface area contributed by atoms with Crippen molar-refractivity contribution in [1.29, 1.82) is 0 Å². The number of ether oxygens (including phenoxy) is 1. The lowest BCUT2D eigenvalue weighted by molar-refractivity contribution is 0.0967. The van der Waals surface area contributed by atoms with Crippen molar-refractivity contribution in [3.63, 3.8) is 0 Å². The molecule has 2 N–H and O–H groups in total. The van der Waals surface area contributed by atoms with Crippen molar-refractivity contribution in [3.8, 4) is 11.6 Å². The van der Waals surface area contributed by atoms with Crippen LogP contribution < -0.4 is 15.4 Å². The number of carbonyl (C=O) groups excluding carboxylic acids is 2. The van der Waals surface area contributed by atoms with Crippen LogP contribution in [0.3, 0.4) is 0 Å². The predicted molar refractivity (Wildman–Crippen MR) is 109 cm³/mol. The Balaban J connectivity index is 1.60. The molecule has 142 valence electrons. The minimum Gasteiger partial charge on any atom is -0.438 e. The van der Waals surface area contributed by atoms with Crippen LogP contribution in [0.1, 0.15) is 10.4 Å². The predicted octanol–water partition coefficient (Wildman–Crippen LogP) is 5.80. The lowest BCUT2D eigenvalue weighted by Gasteiger charge is -2.09. The van der Waals surface area contributed by atoms with Crippen molar-refractivity contribution in [2.45, 2.75) is 0 Å². The number of halogens is 3. The Kier molecular flexibility index (Phi) is 6.36. The summed E-state index contributed by atoms with van der Waals surface area (Å²) in [5, 5.41) is 5.67. The van der Waals surface area contributed by atoms with Gasteiger partial charge in [-0.3, -0.25) is 10.1 Å². The van der Waals surface area contributed by atoms with Crippen LogP contribution in [0.2, 0.25) is 15.1 Å². The van der Waals surface area contributed by atoms with E-state index in [-0.39, 0.29) is 21.5 Å². The van der Waals surface area contributed by atoms with Crippen molar-refractivity contribution in [1.82, 2.24) is 10.3 Å². The Morgan fingerprint density at radius 1 is 0.929 bits per heavy atom. The van der Waals surface area contributed by atoms with Crippen LogP contribution in [0.25, 0.3) is 0 Å². The van der Waals surface area contributed by atoms with E-state index in [1.165, 1.54) is 18.3 Å². The van der Waals surface area contributed by atoms with Gasteiger partial charge in [-0.1, -0.05) is 46.9 Å². The van der Waals surface area contributed by atoms with Gasteiger partial charge in [0.25, 0.3) is 5.91 Å². The molecular formula is C19H12Cl3N3O3. The minimum atomic E-state index is -0.694. The van der Waals surface area contributed by atoms with Gasteiger partial charge in [-0.25, -0.2) is 9.78 Å². The summed E-state index contributed by atoms with van der Waals surface area (Å²) in [5.41, 5.74) is 0.655. The van der Waals surface area contributed by atoms with E-state index >= 15 is 0 Å². The second-order valence-corrected chi connectivity index (χ2v) is 6.71. The first-order valence-electron chi connectivity index (χ1n) is 7.88. The summed E-state index contributed by atoms with van der Waals surface area (Å²) in [6, 6.07) is 13.7. The van der Waals surface area contributed by atoms with E-state index in [9.17, 15) is 9.59 Å². The summed E-state index contributed by atoms with van der Waals surface area (Å²) in [7, 11) is 0. The van der Waals surface area contributed by atoms with Crippen molar-refractivity contribution in [2.75, 3.05) is 5.32 Å². The number of hydrogen-bond donors (Lipinski definition) is 2. The molecule has 1 heterocycles. The Bertz CT molecular complexity index is 1030. The van der Waals surface area contributed by atoms with E-state index in [1.807, 2.05) is 0 Å². The SMILES string of the molecule is O=C(NC(=O)c1ccccc1Cl)Nc1ccc(Oc2ncc(Cl)cc2Cl)cc1. The Labute approximate surface area is 175 Å². The normalized spacial score (nSPS) is 10.2. The van der Waals surface area contributed by atoms with Crippen LogP contribution >= 0.6 is 34.8 Å². The molecule has 3 aromatic rings. The topological polar surface area (TPSA) is 80.3 Å². The number of nitrogens with one attached hydrogen (secondary N) is 2. The summed E-state index contributed by atoms with van der Waals surface area (Å²) in [5.74, 6) is 0.0520. The van der Waals surface area contributed by atoms with E-state index in [0.717, 1.165) is 0 Å². The molecule has 0 bridgehead atoms. The molecule has 1 aromatic heterocycles. The maximum Gasteiger partial charge on any atom is 0.326 e. The smallest absolute Gasteiger partial charge is 0.326 e. The number of benzene rings is 2. The van der Waals surface area contributed by atoms with Crippen LogP contribution in [-0.4, -0.2) is 16.9 Å². The van der Waals surface area contributed by atoms with Crippen molar-refractivity contribution in [2.24, 2.45) is 0 Å². The number of hydrogen-bond acceptors (Lipinski definition) is 4. The molecule has 0 aliphatic heterocycles. The van der Waals surface area contributed by atoms with Gasteiger partial charge in [-0.2, -0.15) is 0 Å². The zero-order valence-electron chi connectivity index (χ0n) is 14.1. The van der Waals surface area contributed by atoms with Gasteiger partial charge >= 0.3 is 6.03 Å². The number of anilines is 1. The van der Waals surface area contributed by atoms with Gasteiger partial charge in [0.15, 0.2) is 0 Å². The lowest BCUT2D eigenvalue weighted by atomic mass is 10.2. The zero-order valence-corrected chi connectivity index (χ0v) is 16.3. The molecule has 0 saturated heterocycles. The van der Waals surface area contributed by atoms with Crippen molar-refractivity contribution < 1.29 is 14.3 Å². The van der Waals surface area contributed by atoms with Gasteiger partial charge in [0.05, 0.1) is 15.6 Å². The first kappa shape index (κ1) is 19.9. The molecule has 0 fully saturated rings. The Morgan fingerprint density at radius 2 is 1.64 bits per heavy atom. The number of pyridine rings is 1. The number of nitrogens with zero attached hydrogens (tertiary/aromatic N) is 1. The third kappa shape index (κ3) is 5.13. The average Bonchev–Trinajstić information content (AvgIpc) is 2.65.